The molecule has 2 saturated carbocycles. The van der Waals surface area contributed by atoms with Gasteiger partial charge in [-0.2, -0.15) is 0 Å². The van der Waals surface area contributed by atoms with Crippen molar-refractivity contribution in [3.05, 3.63) is 0 Å². The number of hydrogen-bond acceptors (Lipinski definition) is 3. The van der Waals surface area contributed by atoms with Gasteiger partial charge in [-0.05, 0) is 38.5 Å². The van der Waals surface area contributed by atoms with Crippen molar-refractivity contribution >= 4 is 11.8 Å². The monoisotopic (exact) mass is 268 g/mol. The Morgan fingerprint density at radius 1 is 0.895 bits per heavy atom. The van der Waals surface area contributed by atoms with E-state index >= 15 is 0 Å². The molecule has 0 bridgehead atoms. The minimum atomic E-state index is -0.916. The molecule has 0 aromatic heterocycles. The van der Waals surface area contributed by atoms with Crippen molar-refractivity contribution in [2.75, 3.05) is 6.61 Å². The molecule has 2 aliphatic rings. The van der Waals surface area contributed by atoms with Crippen LogP contribution in [-0.4, -0.2) is 29.6 Å². The van der Waals surface area contributed by atoms with Gasteiger partial charge in [0.15, 0.2) is 0 Å². The molecule has 2 rings (SSSR count). The SMILES string of the molecule is O=C(O)COC1CCC(C(=O)C2CCCCC2)CC1. The van der Waals surface area contributed by atoms with Crippen LogP contribution in [-0.2, 0) is 14.3 Å². The Hall–Kier alpha value is -0.900. The number of carboxylic acids is 1. The maximum absolute atomic E-state index is 12.4. The molecule has 1 N–H and O–H groups in total. The first-order valence-corrected chi connectivity index (χ1v) is 7.54. The van der Waals surface area contributed by atoms with Crippen molar-refractivity contribution in [2.24, 2.45) is 11.8 Å². The van der Waals surface area contributed by atoms with E-state index in [2.05, 4.69) is 0 Å². The van der Waals surface area contributed by atoms with Crippen LogP contribution in [0.4, 0.5) is 0 Å². The fourth-order valence-corrected chi connectivity index (χ4v) is 3.42. The number of ketones is 1. The first-order valence-electron chi connectivity index (χ1n) is 7.54. The van der Waals surface area contributed by atoms with Crippen LogP contribution in [0.3, 0.4) is 0 Å². The molecule has 0 aromatic rings. The lowest BCUT2D eigenvalue weighted by Crippen LogP contribution is -2.31. The van der Waals surface area contributed by atoms with Crippen LogP contribution in [0.2, 0.25) is 0 Å². The largest absolute Gasteiger partial charge is 0.480 e. The summed E-state index contributed by atoms with van der Waals surface area (Å²) in [4.78, 5) is 22.8. The molecular formula is C15H24O4. The lowest BCUT2D eigenvalue weighted by atomic mass is 9.76. The minimum Gasteiger partial charge on any atom is -0.480 e. The average molecular weight is 268 g/mol. The summed E-state index contributed by atoms with van der Waals surface area (Å²) in [6, 6.07) is 0. The van der Waals surface area contributed by atoms with Gasteiger partial charge in [-0.3, -0.25) is 4.79 Å². The number of aliphatic carboxylic acids is 1. The van der Waals surface area contributed by atoms with Crippen molar-refractivity contribution < 1.29 is 19.4 Å². The Morgan fingerprint density at radius 3 is 2.05 bits per heavy atom. The van der Waals surface area contributed by atoms with Crippen LogP contribution >= 0.6 is 0 Å². The Labute approximate surface area is 114 Å². The zero-order chi connectivity index (χ0) is 13.7. The van der Waals surface area contributed by atoms with E-state index in [4.69, 9.17) is 9.84 Å². The van der Waals surface area contributed by atoms with Crippen LogP contribution < -0.4 is 0 Å². The van der Waals surface area contributed by atoms with Crippen molar-refractivity contribution in [2.45, 2.75) is 63.9 Å². The summed E-state index contributed by atoms with van der Waals surface area (Å²) in [5.41, 5.74) is 0. The summed E-state index contributed by atoms with van der Waals surface area (Å²) in [5.74, 6) is 0.0554. The highest BCUT2D eigenvalue weighted by atomic mass is 16.5. The maximum Gasteiger partial charge on any atom is 0.329 e. The second-order valence-corrected chi connectivity index (χ2v) is 5.92. The zero-order valence-corrected chi connectivity index (χ0v) is 11.5. The molecule has 0 amide bonds. The summed E-state index contributed by atoms with van der Waals surface area (Å²) in [6.45, 7) is -0.216. The van der Waals surface area contributed by atoms with E-state index in [-0.39, 0.29) is 18.6 Å². The van der Waals surface area contributed by atoms with E-state index in [1.807, 2.05) is 0 Å². The lowest BCUT2D eigenvalue weighted by molar-refractivity contribution is -0.146. The number of carboxylic acid groups (broad SMARTS) is 1. The summed E-state index contributed by atoms with van der Waals surface area (Å²) in [5, 5.41) is 8.58. The van der Waals surface area contributed by atoms with Gasteiger partial charge < -0.3 is 9.84 Å². The van der Waals surface area contributed by atoms with E-state index < -0.39 is 5.97 Å². The smallest absolute Gasteiger partial charge is 0.329 e. The molecule has 2 aliphatic carbocycles. The van der Waals surface area contributed by atoms with E-state index in [9.17, 15) is 9.59 Å². The number of ether oxygens (including phenoxy) is 1. The molecule has 4 heteroatoms. The summed E-state index contributed by atoms with van der Waals surface area (Å²) < 4.78 is 5.31. The van der Waals surface area contributed by atoms with E-state index in [1.165, 1.54) is 19.3 Å². The van der Waals surface area contributed by atoms with Crippen molar-refractivity contribution in [3.8, 4) is 0 Å². The van der Waals surface area contributed by atoms with Crippen LogP contribution in [0.25, 0.3) is 0 Å². The molecule has 0 aliphatic heterocycles. The topological polar surface area (TPSA) is 63.6 Å². The van der Waals surface area contributed by atoms with Gasteiger partial charge in [0.25, 0.3) is 0 Å². The Morgan fingerprint density at radius 2 is 1.47 bits per heavy atom. The van der Waals surface area contributed by atoms with Gasteiger partial charge in [0, 0.05) is 11.8 Å². The molecule has 108 valence electrons. The van der Waals surface area contributed by atoms with Gasteiger partial charge in [0.1, 0.15) is 12.4 Å². The van der Waals surface area contributed by atoms with Gasteiger partial charge in [-0.1, -0.05) is 19.3 Å². The van der Waals surface area contributed by atoms with E-state index in [0.29, 0.717) is 11.7 Å². The summed E-state index contributed by atoms with van der Waals surface area (Å²) in [6.07, 6.45) is 9.28. The van der Waals surface area contributed by atoms with Gasteiger partial charge in [0.05, 0.1) is 6.10 Å². The predicted molar refractivity (Wildman–Crippen MR) is 70.9 cm³/mol. The predicted octanol–water partition coefficient (Wildman–Crippen LogP) is 2.80. The van der Waals surface area contributed by atoms with E-state index in [0.717, 1.165) is 38.5 Å². The standard InChI is InChI=1S/C15H24O4/c16-14(17)10-19-13-8-6-12(7-9-13)15(18)11-4-2-1-3-5-11/h11-13H,1-10H2,(H,16,17). The summed E-state index contributed by atoms with van der Waals surface area (Å²) >= 11 is 0. The third-order valence-corrected chi connectivity index (χ3v) is 4.53. The normalized spacial score (nSPS) is 29.1. The molecule has 0 atom stereocenters. The number of carbonyl (C=O) groups is 2. The second-order valence-electron chi connectivity index (χ2n) is 5.92. The van der Waals surface area contributed by atoms with Crippen LogP contribution in [0.5, 0.6) is 0 Å². The van der Waals surface area contributed by atoms with Crippen molar-refractivity contribution in [1.29, 1.82) is 0 Å². The quantitative estimate of drug-likeness (QED) is 0.832. The second kappa shape index (κ2) is 7.04. The first kappa shape index (κ1) is 14.5. The molecule has 0 aromatic carbocycles. The molecule has 4 nitrogen and oxygen atoms in total. The lowest BCUT2D eigenvalue weighted by Gasteiger charge is -2.30. The molecule has 0 unspecified atom stereocenters. The fourth-order valence-electron chi connectivity index (χ4n) is 3.42. The van der Waals surface area contributed by atoms with Gasteiger partial charge in [0.2, 0.25) is 0 Å². The number of Topliss-reactive ketones (excluding diaryl/α,β-unsaturated/α-hetero) is 1. The molecule has 19 heavy (non-hydrogen) atoms. The van der Waals surface area contributed by atoms with Crippen molar-refractivity contribution in [3.63, 3.8) is 0 Å². The fraction of sp³-hybridized carbons (Fsp3) is 0.867. The number of hydrogen-bond donors (Lipinski definition) is 1. The van der Waals surface area contributed by atoms with Crippen LogP contribution in [0, 0.1) is 11.8 Å². The molecule has 0 heterocycles. The molecule has 0 spiro atoms. The molecule has 0 saturated heterocycles. The number of rotatable bonds is 5. The molecular weight excluding hydrogens is 244 g/mol. The van der Waals surface area contributed by atoms with Gasteiger partial charge in [-0.25, -0.2) is 4.79 Å². The van der Waals surface area contributed by atoms with Gasteiger partial charge >= 0.3 is 5.97 Å². The minimum absolute atomic E-state index is 0.0338. The third-order valence-electron chi connectivity index (χ3n) is 4.53. The Kier molecular flexibility index (Phi) is 5.37. The maximum atomic E-state index is 12.4. The number of carbonyl (C=O) groups excluding carboxylic acids is 1. The van der Waals surface area contributed by atoms with Crippen LogP contribution in [0.15, 0.2) is 0 Å². The average Bonchev–Trinajstić information content (AvgIpc) is 2.46. The highest BCUT2D eigenvalue weighted by Crippen LogP contribution is 2.33. The Balaban J connectivity index is 1.72. The zero-order valence-electron chi connectivity index (χ0n) is 11.5. The van der Waals surface area contributed by atoms with Gasteiger partial charge in [-0.15, -0.1) is 0 Å². The van der Waals surface area contributed by atoms with E-state index in [1.54, 1.807) is 0 Å². The Bertz CT molecular complexity index is 312. The van der Waals surface area contributed by atoms with Crippen molar-refractivity contribution in [1.82, 2.24) is 0 Å². The summed E-state index contributed by atoms with van der Waals surface area (Å²) in [7, 11) is 0. The third kappa shape index (κ3) is 4.30. The molecule has 0 radical (unpaired) electrons. The van der Waals surface area contributed by atoms with Crippen LogP contribution in [0.1, 0.15) is 57.8 Å². The first-order chi connectivity index (χ1) is 9.16. The highest BCUT2D eigenvalue weighted by molar-refractivity contribution is 5.83. The molecule has 2 fully saturated rings. The highest BCUT2D eigenvalue weighted by Gasteiger charge is 2.31.